The third kappa shape index (κ3) is 2.86. The van der Waals surface area contributed by atoms with Gasteiger partial charge in [0, 0.05) is 41.4 Å². The summed E-state index contributed by atoms with van der Waals surface area (Å²) in [5.41, 5.74) is 5.00. The molecule has 2 aromatic rings. The van der Waals surface area contributed by atoms with Gasteiger partial charge in [0.05, 0.1) is 19.9 Å². The van der Waals surface area contributed by atoms with E-state index in [9.17, 15) is 4.79 Å². The molecular formula is C19H25N3O3. The standard InChI is InChI=1S/C19H25N3O3/c1-10(2)22-12(4)19(11(3)21-22)14-8-18(23)20-15-9-17(25-6)16(24-5)7-13(14)15/h7,9-10,14H,8H2,1-6H3,(H,20,23). The summed E-state index contributed by atoms with van der Waals surface area (Å²) in [6.07, 6.45) is 0.397. The van der Waals surface area contributed by atoms with E-state index in [1.165, 1.54) is 0 Å². The van der Waals surface area contributed by atoms with E-state index in [0.717, 1.165) is 28.2 Å². The molecule has 3 rings (SSSR count). The minimum absolute atomic E-state index is 0.000756. The number of carbonyl (C=O) groups is 1. The highest BCUT2D eigenvalue weighted by molar-refractivity contribution is 5.96. The molecule has 6 heteroatoms. The highest BCUT2D eigenvalue weighted by atomic mass is 16.5. The maximum absolute atomic E-state index is 12.3. The Bertz CT molecular complexity index is 824. The van der Waals surface area contributed by atoms with Crippen LogP contribution in [0.3, 0.4) is 0 Å². The van der Waals surface area contributed by atoms with E-state index in [0.29, 0.717) is 17.9 Å². The van der Waals surface area contributed by atoms with E-state index < -0.39 is 0 Å². The molecule has 1 aromatic carbocycles. The zero-order chi connectivity index (χ0) is 18.3. The monoisotopic (exact) mass is 343 g/mol. The molecule has 0 fully saturated rings. The lowest BCUT2D eigenvalue weighted by atomic mass is 9.83. The third-order valence-electron chi connectivity index (χ3n) is 4.81. The zero-order valence-corrected chi connectivity index (χ0v) is 15.6. The van der Waals surface area contributed by atoms with E-state index >= 15 is 0 Å². The van der Waals surface area contributed by atoms with Crippen LogP contribution >= 0.6 is 0 Å². The van der Waals surface area contributed by atoms with Crippen molar-refractivity contribution in [2.45, 2.75) is 46.1 Å². The number of amides is 1. The van der Waals surface area contributed by atoms with Gasteiger partial charge in [-0.05, 0) is 39.3 Å². The van der Waals surface area contributed by atoms with Crippen molar-refractivity contribution < 1.29 is 14.3 Å². The average molecular weight is 343 g/mol. The van der Waals surface area contributed by atoms with Crippen molar-refractivity contribution in [3.63, 3.8) is 0 Å². The largest absolute Gasteiger partial charge is 0.493 e. The Morgan fingerprint density at radius 3 is 2.40 bits per heavy atom. The predicted molar refractivity (Wildman–Crippen MR) is 96.7 cm³/mol. The predicted octanol–water partition coefficient (Wildman–Crippen LogP) is 3.57. The zero-order valence-electron chi connectivity index (χ0n) is 15.6. The Morgan fingerprint density at radius 1 is 1.20 bits per heavy atom. The molecule has 0 saturated heterocycles. The van der Waals surface area contributed by atoms with Crippen LogP contribution in [0, 0.1) is 13.8 Å². The number of ether oxygens (including phenoxy) is 2. The molecule has 0 aliphatic carbocycles. The van der Waals surface area contributed by atoms with Crippen molar-refractivity contribution in [1.82, 2.24) is 9.78 Å². The number of benzene rings is 1. The van der Waals surface area contributed by atoms with E-state index in [1.807, 2.05) is 23.7 Å². The lowest BCUT2D eigenvalue weighted by Gasteiger charge is -2.27. The molecule has 25 heavy (non-hydrogen) atoms. The smallest absolute Gasteiger partial charge is 0.225 e. The minimum Gasteiger partial charge on any atom is -0.493 e. The van der Waals surface area contributed by atoms with Crippen LogP contribution in [0.25, 0.3) is 0 Å². The summed E-state index contributed by atoms with van der Waals surface area (Å²) in [4.78, 5) is 12.3. The van der Waals surface area contributed by atoms with Gasteiger partial charge in [-0.15, -0.1) is 0 Å². The lowest BCUT2D eigenvalue weighted by molar-refractivity contribution is -0.116. The highest BCUT2D eigenvalue weighted by Gasteiger charge is 2.32. The van der Waals surface area contributed by atoms with Gasteiger partial charge in [-0.2, -0.15) is 5.10 Å². The number of nitrogens with zero attached hydrogens (tertiary/aromatic N) is 2. The van der Waals surface area contributed by atoms with Crippen LogP contribution in [-0.2, 0) is 4.79 Å². The Hall–Kier alpha value is -2.50. The molecule has 0 spiro atoms. The molecule has 1 aliphatic rings. The van der Waals surface area contributed by atoms with Crippen LogP contribution in [0.5, 0.6) is 11.5 Å². The molecular weight excluding hydrogens is 318 g/mol. The SMILES string of the molecule is COc1cc2c(cc1OC)C(c1c(C)nn(C(C)C)c1C)CC(=O)N2. The fourth-order valence-electron chi connectivity index (χ4n) is 3.73. The van der Waals surface area contributed by atoms with Gasteiger partial charge in [0.25, 0.3) is 0 Å². The van der Waals surface area contributed by atoms with Gasteiger partial charge >= 0.3 is 0 Å². The Kier molecular flexibility index (Phi) is 4.45. The number of carbonyl (C=O) groups excluding carboxylic acids is 1. The van der Waals surface area contributed by atoms with Crippen molar-refractivity contribution in [2.24, 2.45) is 0 Å². The summed E-state index contributed by atoms with van der Waals surface area (Å²) in [6, 6.07) is 4.06. The Balaban J connectivity index is 2.19. The second-order valence-corrected chi connectivity index (χ2v) is 6.72. The summed E-state index contributed by atoms with van der Waals surface area (Å²) in [5, 5.41) is 7.64. The maximum Gasteiger partial charge on any atom is 0.225 e. The number of aromatic nitrogens is 2. The quantitative estimate of drug-likeness (QED) is 0.922. The normalized spacial score (nSPS) is 16.6. The molecule has 1 unspecified atom stereocenters. The number of rotatable bonds is 4. The van der Waals surface area contributed by atoms with Crippen molar-refractivity contribution in [3.05, 3.63) is 34.6 Å². The molecule has 1 N–H and O–H groups in total. The van der Waals surface area contributed by atoms with Crippen molar-refractivity contribution >= 4 is 11.6 Å². The molecule has 1 atom stereocenters. The molecule has 6 nitrogen and oxygen atoms in total. The highest BCUT2D eigenvalue weighted by Crippen LogP contribution is 2.44. The second kappa shape index (κ2) is 6.43. The van der Waals surface area contributed by atoms with Crippen LogP contribution in [-0.4, -0.2) is 29.9 Å². The van der Waals surface area contributed by atoms with Crippen molar-refractivity contribution in [2.75, 3.05) is 19.5 Å². The van der Waals surface area contributed by atoms with Gasteiger partial charge in [-0.25, -0.2) is 0 Å². The van der Waals surface area contributed by atoms with Crippen LogP contribution in [0.2, 0.25) is 0 Å². The summed E-state index contributed by atoms with van der Waals surface area (Å²) in [5.74, 6) is 1.22. The van der Waals surface area contributed by atoms with Crippen LogP contribution in [0.15, 0.2) is 12.1 Å². The summed E-state index contributed by atoms with van der Waals surface area (Å²) in [6.45, 7) is 8.30. The summed E-state index contributed by atoms with van der Waals surface area (Å²) >= 11 is 0. The maximum atomic E-state index is 12.3. The van der Waals surface area contributed by atoms with E-state index in [4.69, 9.17) is 9.47 Å². The van der Waals surface area contributed by atoms with Crippen LogP contribution < -0.4 is 14.8 Å². The molecule has 134 valence electrons. The first-order valence-corrected chi connectivity index (χ1v) is 8.48. The molecule has 0 radical (unpaired) electrons. The van der Waals surface area contributed by atoms with E-state index in [-0.39, 0.29) is 17.9 Å². The first kappa shape index (κ1) is 17.3. The molecule has 1 aliphatic heterocycles. The Labute approximate surface area is 148 Å². The van der Waals surface area contributed by atoms with Gasteiger partial charge in [-0.1, -0.05) is 0 Å². The molecule has 1 aromatic heterocycles. The number of nitrogens with one attached hydrogen (secondary N) is 1. The molecule has 1 amide bonds. The van der Waals surface area contributed by atoms with Crippen molar-refractivity contribution in [3.8, 4) is 11.5 Å². The van der Waals surface area contributed by atoms with Gasteiger partial charge in [0.1, 0.15) is 0 Å². The Morgan fingerprint density at radius 2 is 1.84 bits per heavy atom. The third-order valence-corrected chi connectivity index (χ3v) is 4.81. The first-order chi connectivity index (χ1) is 11.9. The van der Waals surface area contributed by atoms with Crippen LogP contribution in [0.4, 0.5) is 5.69 Å². The van der Waals surface area contributed by atoms with Crippen LogP contribution in [0.1, 0.15) is 54.7 Å². The topological polar surface area (TPSA) is 65.4 Å². The molecule has 0 bridgehead atoms. The number of hydrogen-bond donors (Lipinski definition) is 1. The van der Waals surface area contributed by atoms with Gasteiger partial charge in [0.2, 0.25) is 5.91 Å². The fraction of sp³-hybridized carbons (Fsp3) is 0.474. The fourth-order valence-corrected chi connectivity index (χ4v) is 3.73. The lowest BCUT2D eigenvalue weighted by Crippen LogP contribution is -2.24. The number of aryl methyl sites for hydroxylation is 1. The summed E-state index contributed by atoms with van der Waals surface area (Å²) in [7, 11) is 3.21. The van der Waals surface area contributed by atoms with Crippen molar-refractivity contribution in [1.29, 1.82) is 0 Å². The second-order valence-electron chi connectivity index (χ2n) is 6.72. The van der Waals surface area contributed by atoms with Gasteiger partial charge in [0.15, 0.2) is 11.5 Å². The first-order valence-electron chi connectivity index (χ1n) is 8.48. The number of methoxy groups -OCH3 is 2. The summed E-state index contributed by atoms with van der Waals surface area (Å²) < 4.78 is 12.9. The van der Waals surface area contributed by atoms with Gasteiger partial charge in [-0.3, -0.25) is 9.48 Å². The number of hydrogen-bond acceptors (Lipinski definition) is 4. The minimum atomic E-state index is -0.0453. The average Bonchev–Trinajstić information content (AvgIpc) is 2.87. The number of fused-ring (bicyclic) bond motifs is 1. The van der Waals surface area contributed by atoms with Gasteiger partial charge < -0.3 is 14.8 Å². The van der Waals surface area contributed by atoms with E-state index in [1.54, 1.807) is 14.2 Å². The molecule has 0 saturated carbocycles. The molecule has 2 heterocycles. The number of anilines is 1. The van der Waals surface area contributed by atoms with E-state index in [2.05, 4.69) is 31.2 Å².